The van der Waals surface area contributed by atoms with Crippen LogP contribution in [0.5, 0.6) is 0 Å². The van der Waals surface area contributed by atoms with Gasteiger partial charge < -0.3 is 14.9 Å². The Morgan fingerprint density at radius 1 is 1.05 bits per heavy atom. The van der Waals surface area contributed by atoms with Crippen LogP contribution in [0.2, 0.25) is 0 Å². The second-order valence-corrected chi connectivity index (χ2v) is 5.48. The summed E-state index contributed by atoms with van der Waals surface area (Å²) >= 11 is 0. The number of carboxylic acid groups (broad SMARTS) is 1. The third-order valence-corrected chi connectivity index (χ3v) is 4.10. The average Bonchev–Trinajstić information content (AvgIpc) is 2.62. The first-order valence-electron chi connectivity index (χ1n) is 6.94. The van der Waals surface area contributed by atoms with Crippen molar-refractivity contribution < 1.29 is 14.7 Å². The van der Waals surface area contributed by atoms with Crippen LogP contribution < -0.4 is 0 Å². The van der Waals surface area contributed by atoms with E-state index in [4.69, 9.17) is 0 Å². The van der Waals surface area contributed by atoms with Crippen LogP contribution in [-0.4, -0.2) is 60.0 Å². The lowest BCUT2D eigenvalue weighted by atomic mass is 9.82. The van der Waals surface area contributed by atoms with Gasteiger partial charge in [0.15, 0.2) is 0 Å². The molecule has 1 N–H and O–H groups in total. The molecule has 1 saturated heterocycles. The van der Waals surface area contributed by atoms with Crippen LogP contribution in [0, 0.1) is 11.8 Å². The molecule has 0 aromatic heterocycles. The number of carbonyl (C=O) groups excluding carboxylic acids is 1. The largest absolute Gasteiger partial charge is 0.481 e. The van der Waals surface area contributed by atoms with Gasteiger partial charge in [0.1, 0.15) is 0 Å². The summed E-state index contributed by atoms with van der Waals surface area (Å²) in [6, 6.07) is 0. The summed E-state index contributed by atoms with van der Waals surface area (Å²) in [5.74, 6) is -1.77. The van der Waals surface area contributed by atoms with Gasteiger partial charge in [0.2, 0.25) is 5.91 Å². The molecule has 1 aliphatic carbocycles. The van der Waals surface area contributed by atoms with Crippen molar-refractivity contribution in [3.05, 3.63) is 12.2 Å². The zero-order valence-corrected chi connectivity index (χ0v) is 11.4. The molecule has 1 aliphatic heterocycles. The molecule has 2 aliphatic rings. The van der Waals surface area contributed by atoms with Crippen LogP contribution in [0.3, 0.4) is 0 Å². The number of hydrogen-bond donors (Lipinski definition) is 1. The number of carboxylic acids is 1. The molecule has 2 rings (SSSR count). The molecule has 0 radical (unpaired) electrons. The minimum atomic E-state index is -0.852. The summed E-state index contributed by atoms with van der Waals surface area (Å²) in [4.78, 5) is 27.9. The lowest BCUT2D eigenvalue weighted by Gasteiger charge is -2.30. The molecule has 0 bridgehead atoms. The molecule has 0 aromatic carbocycles. The van der Waals surface area contributed by atoms with Crippen LogP contribution in [-0.2, 0) is 9.59 Å². The number of allylic oxidation sites excluding steroid dienone is 2. The highest BCUT2D eigenvalue weighted by Gasteiger charge is 2.36. The Balaban J connectivity index is 2.04. The second kappa shape index (κ2) is 6.19. The monoisotopic (exact) mass is 266 g/mol. The third-order valence-electron chi connectivity index (χ3n) is 4.10. The predicted octanol–water partition coefficient (Wildman–Crippen LogP) is 0.818. The number of aliphatic carboxylic acids is 1. The first kappa shape index (κ1) is 14.1. The molecule has 106 valence electrons. The van der Waals surface area contributed by atoms with Crippen LogP contribution in [0.4, 0.5) is 0 Å². The first-order chi connectivity index (χ1) is 9.09. The highest BCUT2D eigenvalue weighted by molar-refractivity contribution is 5.85. The molecule has 0 aromatic rings. The molecular weight excluding hydrogens is 244 g/mol. The maximum Gasteiger partial charge on any atom is 0.307 e. The van der Waals surface area contributed by atoms with Crippen molar-refractivity contribution in [2.75, 3.05) is 33.2 Å². The minimum absolute atomic E-state index is 0.0204. The standard InChI is InChI=1S/C14H22N2O3/c1-15-7-4-8-16(10-9-15)13(17)11-5-2-3-6-12(11)14(18)19/h2-3,11-12H,4-10H2,1H3,(H,18,19)/t11-,12+/m1/s1. The fraction of sp³-hybridized carbons (Fsp3) is 0.714. The Hall–Kier alpha value is -1.36. The molecule has 0 unspecified atom stereocenters. The highest BCUT2D eigenvalue weighted by Crippen LogP contribution is 2.28. The number of amides is 1. The number of nitrogens with zero attached hydrogens (tertiary/aromatic N) is 2. The van der Waals surface area contributed by atoms with Gasteiger partial charge in [-0.1, -0.05) is 12.2 Å². The number of carbonyl (C=O) groups is 2. The van der Waals surface area contributed by atoms with Crippen LogP contribution in [0.25, 0.3) is 0 Å². The van der Waals surface area contributed by atoms with Crippen molar-refractivity contribution >= 4 is 11.9 Å². The van der Waals surface area contributed by atoms with E-state index in [1.807, 2.05) is 17.1 Å². The molecule has 19 heavy (non-hydrogen) atoms. The van der Waals surface area contributed by atoms with Gasteiger partial charge in [0.25, 0.3) is 0 Å². The van der Waals surface area contributed by atoms with Gasteiger partial charge in [0, 0.05) is 19.6 Å². The SMILES string of the molecule is CN1CCCN(C(=O)[C@@H]2CC=CC[C@@H]2C(=O)O)CC1. The van der Waals surface area contributed by atoms with E-state index in [1.54, 1.807) is 0 Å². The van der Waals surface area contributed by atoms with Crippen LogP contribution in [0.15, 0.2) is 12.2 Å². The molecule has 2 atom stereocenters. The molecule has 0 saturated carbocycles. The predicted molar refractivity (Wildman–Crippen MR) is 71.7 cm³/mol. The summed E-state index contributed by atoms with van der Waals surface area (Å²) < 4.78 is 0. The minimum Gasteiger partial charge on any atom is -0.481 e. The van der Waals surface area contributed by atoms with Gasteiger partial charge in [0.05, 0.1) is 11.8 Å². The Kier molecular flexibility index (Phi) is 4.58. The van der Waals surface area contributed by atoms with Gasteiger partial charge in [-0.15, -0.1) is 0 Å². The quantitative estimate of drug-likeness (QED) is 0.752. The van der Waals surface area contributed by atoms with Gasteiger partial charge in [-0.2, -0.15) is 0 Å². The molecule has 5 heteroatoms. The van der Waals surface area contributed by atoms with E-state index in [9.17, 15) is 14.7 Å². The molecule has 1 heterocycles. The second-order valence-electron chi connectivity index (χ2n) is 5.48. The number of rotatable bonds is 2. The molecule has 0 spiro atoms. The summed E-state index contributed by atoms with van der Waals surface area (Å²) in [6.45, 7) is 3.32. The van der Waals surface area contributed by atoms with Crippen molar-refractivity contribution in [1.29, 1.82) is 0 Å². The van der Waals surface area contributed by atoms with E-state index in [-0.39, 0.29) is 11.8 Å². The fourth-order valence-electron chi connectivity index (χ4n) is 2.86. The van der Waals surface area contributed by atoms with E-state index < -0.39 is 11.9 Å². The number of likely N-dealkylation sites (N-methyl/N-ethyl adjacent to an activating group) is 1. The zero-order valence-electron chi connectivity index (χ0n) is 11.4. The Morgan fingerprint density at radius 2 is 1.74 bits per heavy atom. The van der Waals surface area contributed by atoms with E-state index in [2.05, 4.69) is 11.9 Å². The summed E-state index contributed by atoms with van der Waals surface area (Å²) in [7, 11) is 2.05. The van der Waals surface area contributed by atoms with Crippen LogP contribution in [0.1, 0.15) is 19.3 Å². The molecule has 1 amide bonds. The van der Waals surface area contributed by atoms with Gasteiger partial charge in [-0.25, -0.2) is 0 Å². The zero-order chi connectivity index (χ0) is 13.8. The molecular formula is C14H22N2O3. The smallest absolute Gasteiger partial charge is 0.307 e. The maximum atomic E-state index is 12.5. The summed E-state index contributed by atoms with van der Waals surface area (Å²) in [5.41, 5.74) is 0. The van der Waals surface area contributed by atoms with Gasteiger partial charge in [-0.3, -0.25) is 9.59 Å². The van der Waals surface area contributed by atoms with Gasteiger partial charge in [-0.05, 0) is 32.9 Å². The van der Waals surface area contributed by atoms with Crippen molar-refractivity contribution in [2.24, 2.45) is 11.8 Å². The Bertz CT molecular complexity index is 381. The normalized spacial score (nSPS) is 29.0. The first-order valence-corrected chi connectivity index (χ1v) is 6.94. The summed E-state index contributed by atoms with van der Waals surface area (Å²) in [6.07, 6.45) is 5.80. The van der Waals surface area contributed by atoms with E-state index in [1.165, 1.54) is 0 Å². The van der Waals surface area contributed by atoms with Crippen molar-refractivity contribution in [1.82, 2.24) is 9.80 Å². The topological polar surface area (TPSA) is 60.9 Å². The lowest BCUT2D eigenvalue weighted by molar-refractivity contribution is -0.150. The molecule has 5 nitrogen and oxygen atoms in total. The maximum absolute atomic E-state index is 12.5. The Labute approximate surface area is 113 Å². The third kappa shape index (κ3) is 3.35. The lowest BCUT2D eigenvalue weighted by Crippen LogP contribution is -2.43. The fourth-order valence-corrected chi connectivity index (χ4v) is 2.86. The van der Waals surface area contributed by atoms with E-state index in [0.717, 1.165) is 26.1 Å². The summed E-state index contributed by atoms with van der Waals surface area (Å²) in [5, 5.41) is 9.24. The number of hydrogen-bond acceptors (Lipinski definition) is 3. The average molecular weight is 266 g/mol. The van der Waals surface area contributed by atoms with Crippen molar-refractivity contribution in [2.45, 2.75) is 19.3 Å². The highest BCUT2D eigenvalue weighted by atomic mass is 16.4. The Morgan fingerprint density at radius 3 is 2.42 bits per heavy atom. The van der Waals surface area contributed by atoms with Crippen molar-refractivity contribution in [3.63, 3.8) is 0 Å². The van der Waals surface area contributed by atoms with Gasteiger partial charge >= 0.3 is 5.97 Å². The van der Waals surface area contributed by atoms with E-state index >= 15 is 0 Å². The van der Waals surface area contributed by atoms with Crippen molar-refractivity contribution in [3.8, 4) is 0 Å². The van der Waals surface area contributed by atoms with E-state index in [0.29, 0.717) is 19.4 Å². The van der Waals surface area contributed by atoms with Crippen LogP contribution >= 0.6 is 0 Å². The molecule has 1 fully saturated rings.